The molecule has 0 aliphatic heterocycles. The van der Waals surface area contributed by atoms with Crippen molar-refractivity contribution in [1.82, 2.24) is 0 Å². The quantitative estimate of drug-likeness (QED) is 0.867. The second-order valence-corrected chi connectivity index (χ2v) is 4.57. The maximum atomic E-state index is 9.79. The van der Waals surface area contributed by atoms with Crippen molar-refractivity contribution in [3.05, 3.63) is 59.7 Å². The molecule has 1 atom stereocenters. The van der Waals surface area contributed by atoms with Gasteiger partial charge >= 0.3 is 0 Å². The van der Waals surface area contributed by atoms with E-state index in [4.69, 9.17) is 4.74 Å². The van der Waals surface area contributed by atoms with Crippen LogP contribution in [0, 0.1) is 6.92 Å². The fraction of sp³-hybridized carbons (Fsp3) is 0.250. The Labute approximate surface area is 113 Å². The topological polar surface area (TPSA) is 49.7 Å². The maximum absolute atomic E-state index is 9.79. The minimum absolute atomic E-state index is 0.0661. The number of rotatable bonds is 5. The molecule has 1 unspecified atom stereocenters. The molecular weight excluding hydrogens is 240 g/mol. The molecule has 3 nitrogen and oxygen atoms in total. The average Bonchev–Trinajstić information content (AvgIpc) is 2.41. The molecule has 0 amide bonds. The summed E-state index contributed by atoms with van der Waals surface area (Å²) < 4.78 is 5.68. The van der Waals surface area contributed by atoms with E-state index in [0.717, 1.165) is 11.3 Å². The number of benzene rings is 2. The highest BCUT2D eigenvalue weighted by atomic mass is 16.5. The van der Waals surface area contributed by atoms with Gasteiger partial charge in [0.25, 0.3) is 0 Å². The SMILES string of the molecule is Cc1cccc(OCC(CO)c2ccccc2O)c1. The van der Waals surface area contributed by atoms with E-state index in [1.165, 1.54) is 0 Å². The van der Waals surface area contributed by atoms with Gasteiger partial charge in [-0.2, -0.15) is 0 Å². The van der Waals surface area contributed by atoms with E-state index in [-0.39, 0.29) is 18.3 Å². The number of aliphatic hydroxyl groups is 1. The predicted octanol–water partition coefficient (Wildman–Crippen LogP) is 2.86. The summed E-state index contributed by atoms with van der Waals surface area (Å²) in [6.45, 7) is 2.26. The van der Waals surface area contributed by atoms with Gasteiger partial charge in [0.05, 0.1) is 13.2 Å². The Kier molecular flexibility index (Phi) is 4.42. The molecule has 0 bridgehead atoms. The number of ether oxygens (including phenoxy) is 1. The smallest absolute Gasteiger partial charge is 0.119 e. The Balaban J connectivity index is 2.06. The van der Waals surface area contributed by atoms with Gasteiger partial charge in [-0.3, -0.25) is 0 Å². The zero-order chi connectivity index (χ0) is 13.7. The molecule has 0 aliphatic carbocycles. The van der Waals surface area contributed by atoms with Crippen LogP contribution in [0.2, 0.25) is 0 Å². The summed E-state index contributed by atoms with van der Waals surface area (Å²) >= 11 is 0. The molecule has 100 valence electrons. The van der Waals surface area contributed by atoms with Gasteiger partial charge in [0.1, 0.15) is 11.5 Å². The molecule has 0 fully saturated rings. The van der Waals surface area contributed by atoms with E-state index in [1.54, 1.807) is 18.2 Å². The van der Waals surface area contributed by atoms with Gasteiger partial charge in [0.15, 0.2) is 0 Å². The lowest BCUT2D eigenvalue weighted by Gasteiger charge is -2.17. The van der Waals surface area contributed by atoms with Crippen molar-refractivity contribution in [2.75, 3.05) is 13.2 Å². The van der Waals surface area contributed by atoms with Crippen molar-refractivity contribution in [2.45, 2.75) is 12.8 Å². The van der Waals surface area contributed by atoms with Crippen LogP contribution in [0.15, 0.2) is 48.5 Å². The van der Waals surface area contributed by atoms with E-state index in [2.05, 4.69) is 0 Å². The number of phenols is 1. The summed E-state index contributed by atoms with van der Waals surface area (Å²) in [4.78, 5) is 0. The molecule has 2 aromatic rings. The summed E-state index contributed by atoms with van der Waals surface area (Å²) in [5.41, 5.74) is 1.83. The van der Waals surface area contributed by atoms with Gasteiger partial charge in [0, 0.05) is 11.5 Å². The molecule has 0 saturated heterocycles. The Morgan fingerprint density at radius 2 is 1.89 bits per heavy atom. The molecule has 0 heterocycles. The normalized spacial score (nSPS) is 12.1. The first-order valence-corrected chi connectivity index (χ1v) is 6.29. The molecule has 0 radical (unpaired) electrons. The van der Waals surface area contributed by atoms with Gasteiger partial charge in [-0.25, -0.2) is 0 Å². The number of aliphatic hydroxyl groups excluding tert-OH is 1. The minimum Gasteiger partial charge on any atom is -0.508 e. The molecule has 0 spiro atoms. The summed E-state index contributed by atoms with van der Waals surface area (Å²) in [6.07, 6.45) is 0. The number of hydrogen-bond donors (Lipinski definition) is 2. The van der Waals surface area contributed by atoms with E-state index in [0.29, 0.717) is 12.2 Å². The number of hydrogen-bond acceptors (Lipinski definition) is 3. The second kappa shape index (κ2) is 6.25. The van der Waals surface area contributed by atoms with Gasteiger partial charge in [0.2, 0.25) is 0 Å². The molecule has 19 heavy (non-hydrogen) atoms. The third kappa shape index (κ3) is 3.48. The average molecular weight is 258 g/mol. The van der Waals surface area contributed by atoms with Crippen LogP contribution >= 0.6 is 0 Å². The molecule has 2 rings (SSSR count). The van der Waals surface area contributed by atoms with Crippen molar-refractivity contribution < 1.29 is 14.9 Å². The highest BCUT2D eigenvalue weighted by Crippen LogP contribution is 2.26. The molecule has 2 aromatic carbocycles. The number of para-hydroxylation sites is 1. The van der Waals surface area contributed by atoms with Crippen LogP contribution in [0.3, 0.4) is 0 Å². The van der Waals surface area contributed by atoms with Crippen molar-refractivity contribution >= 4 is 0 Å². The molecule has 3 heteroatoms. The Hall–Kier alpha value is -2.00. The van der Waals surface area contributed by atoms with Crippen molar-refractivity contribution in [3.8, 4) is 11.5 Å². The Bertz CT molecular complexity index is 537. The fourth-order valence-corrected chi connectivity index (χ4v) is 1.98. The van der Waals surface area contributed by atoms with Crippen molar-refractivity contribution in [1.29, 1.82) is 0 Å². The zero-order valence-corrected chi connectivity index (χ0v) is 10.9. The number of phenolic OH excluding ortho intramolecular Hbond substituents is 1. The van der Waals surface area contributed by atoms with E-state index in [9.17, 15) is 10.2 Å². The summed E-state index contributed by atoms with van der Waals surface area (Å²) in [7, 11) is 0. The minimum atomic E-state index is -0.235. The third-order valence-electron chi connectivity index (χ3n) is 3.04. The van der Waals surface area contributed by atoms with Crippen LogP contribution in [-0.4, -0.2) is 23.4 Å². The van der Waals surface area contributed by atoms with Gasteiger partial charge < -0.3 is 14.9 Å². The first-order chi connectivity index (χ1) is 9.20. The van der Waals surface area contributed by atoms with Crippen molar-refractivity contribution in [3.63, 3.8) is 0 Å². The van der Waals surface area contributed by atoms with Gasteiger partial charge in [-0.05, 0) is 30.7 Å². The van der Waals surface area contributed by atoms with E-state index >= 15 is 0 Å². The van der Waals surface area contributed by atoms with Crippen LogP contribution in [-0.2, 0) is 0 Å². The Morgan fingerprint density at radius 3 is 2.58 bits per heavy atom. The lowest BCUT2D eigenvalue weighted by molar-refractivity contribution is 0.203. The lowest BCUT2D eigenvalue weighted by atomic mass is 10.00. The van der Waals surface area contributed by atoms with Crippen molar-refractivity contribution in [2.24, 2.45) is 0 Å². The molecular formula is C16H18O3. The number of aromatic hydroxyl groups is 1. The van der Waals surface area contributed by atoms with Gasteiger partial charge in [-0.15, -0.1) is 0 Å². The van der Waals surface area contributed by atoms with Crippen LogP contribution in [0.25, 0.3) is 0 Å². The molecule has 0 saturated carbocycles. The highest BCUT2D eigenvalue weighted by molar-refractivity contribution is 5.35. The molecule has 0 aliphatic rings. The van der Waals surface area contributed by atoms with E-state index < -0.39 is 0 Å². The maximum Gasteiger partial charge on any atom is 0.119 e. The second-order valence-electron chi connectivity index (χ2n) is 4.57. The van der Waals surface area contributed by atoms with Crippen LogP contribution in [0.5, 0.6) is 11.5 Å². The first-order valence-electron chi connectivity index (χ1n) is 6.29. The molecule has 0 aromatic heterocycles. The summed E-state index contributed by atoms with van der Waals surface area (Å²) in [6, 6.07) is 14.8. The van der Waals surface area contributed by atoms with Crippen LogP contribution in [0.4, 0.5) is 0 Å². The monoisotopic (exact) mass is 258 g/mol. The van der Waals surface area contributed by atoms with Crippen LogP contribution in [0.1, 0.15) is 17.0 Å². The predicted molar refractivity (Wildman–Crippen MR) is 74.6 cm³/mol. The lowest BCUT2D eigenvalue weighted by Crippen LogP contribution is -2.14. The zero-order valence-electron chi connectivity index (χ0n) is 10.9. The number of aryl methyl sites for hydroxylation is 1. The molecule has 2 N–H and O–H groups in total. The largest absolute Gasteiger partial charge is 0.508 e. The highest BCUT2D eigenvalue weighted by Gasteiger charge is 2.15. The summed E-state index contributed by atoms with van der Waals surface area (Å²) in [5.74, 6) is 0.727. The standard InChI is InChI=1S/C16H18O3/c1-12-5-4-6-14(9-12)19-11-13(10-17)15-7-2-3-8-16(15)18/h2-9,13,17-18H,10-11H2,1H3. The van der Waals surface area contributed by atoms with Crippen LogP contribution < -0.4 is 4.74 Å². The fourth-order valence-electron chi connectivity index (χ4n) is 1.98. The van der Waals surface area contributed by atoms with Gasteiger partial charge in [-0.1, -0.05) is 30.3 Å². The Morgan fingerprint density at radius 1 is 1.11 bits per heavy atom. The third-order valence-corrected chi connectivity index (χ3v) is 3.04. The first kappa shape index (κ1) is 13.4. The summed E-state index contributed by atoms with van der Waals surface area (Å²) in [5, 5.41) is 19.2. The van der Waals surface area contributed by atoms with E-state index in [1.807, 2.05) is 37.3 Å².